The van der Waals surface area contributed by atoms with Crippen LogP contribution in [0.15, 0.2) is 36.7 Å². The average molecular weight is 473 g/mol. The van der Waals surface area contributed by atoms with Crippen LogP contribution in [0.5, 0.6) is 0 Å². The number of rotatable bonds is 4. The van der Waals surface area contributed by atoms with Crippen molar-refractivity contribution in [2.45, 2.75) is 25.3 Å². The maximum Gasteiger partial charge on any atom is 0.163 e. The Hall–Kier alpha value is -3.43. The molecule has 1 unspecified atom stereocenters. The van der Waals surface area contributed by atoms with Gasteiger partial charge in [-0.1, -0.05) is 6.07 Å². The number of aromatic amines is 1. The first kappa shape index (κ1) is 22.1. The van der Waals surface area contributed by atoms with Gasteiger partial charge in [0.25, 0.3) is 0 Å². The molecule has 4 aromatic rings. The Morgan fingerprint density at radius 3 is 2.69 bits per heavy atom. The summed E-state index contributed by atoms with van der Waals surface area (Å²) in [6.45, 7) is 3.99. The second-order valence-electron chi connectivity index (χ2n) is 9.45. The van der Waals surface area contributed by atoms with E-state index < -0.39 is 0 Å². The Labute approximate surface area is 203 Å². The van der Waals surface area contributed by atoms with Crippen molar-refractivity contribution in [1.82, 2.24) is 35.4 Å². The smallest absolute Gasteiger partial charge is 0.163 e. The SMILES string of the molecule is CNC1CCCc2c1ccc(F)c2-c1ncc2[nH]nc(-c3ccc(N4CCN(C)CC4)nc3)c2n1. The Morgan fingerprint density at radius 1 is 1.06 bits per heavy atom. The van der Waals surface area contributed by atoms with E-state index in [-0.39, 0.29) is 11.9 Å². The molecule has 3 aromatic heterocycles. The summed E-state index contributed by atoms with van der Waals surface area (Å²) in [4.78, 5) is 18.7. The number of likely N-dealkylation sites (N-methyl/N-ethyl adjacent to an activating group) is 1. The fraction of sp³-hybridized carbons (Fsp3) is 0.385. The van der Waals surface area contributed by atoms with Gasteiger partial charge in [0, 0.05) is 44.0 Å². The van der Waals surface area contributed by atoms with Gasteiger partial charge in [-0.3, -0.25) is 5.10 Å². The molecule has 180 valence electrons. The Balaban J connectivity index is 1.37. The minimum absolute atomic E-state index is 0.219. The minimum Gasteiger partial charge on any atom is -0.354 e. The standard InChI is InChI=1S/C26H29FN8/c1-28-20-5-3-4-18-17(20)7-8-19(27)23(18)26-30-15-21-25(31-26)24(33-32-21)16-6-9-22(29-14-16)35-12-10-34(2)11-13-35/h6-9,14-15,20,28H,3-5,10-13H2,1-2H3,(H,32,33). The summed E-state index contributed by atoms with van der Waals surface area (Å²) in [5, 5.41) is 10.9. The topological polar surface area (TPSA) is 85.9 Å². The molecule has 35 heavy (non-hydrogen) atoms. The quantitative estimate of drug-likeness (QED) is 0.470. The summed E-state index contributed by atoms with van der Waals surface area (Å²) >= 11 is 0. The lowest BCUT2D eigenvalue weighted by atomic mass is 9.84. The van der Waals surface area contributed by atoms with Gasteiger partial charge in [-0.05, 0) is 62.7 Å². The van der Waals surface area contributed by atoms with E-state index in [1.165, 1.54) is 6.07 Å². The zero-order valence-electron chi connectivity index (χ0n) is 20.1. The summed E-state index contributed by atoms with van der Waals surface area (Å²) in [6, 6.07) is 7.71. The van der Waals surface area contributed by atoms with E-state index in [1.54, 1.807) is 6.20 Å². The number of benzene rings is 1. The van der Waals surface area contributed by atoms with Crippen LogP contribution in [0.25, 0.3) is 33.7 Å². The summed E-state index contributed by atoms with van der Waals surface area (Å²) in [6.07, 6.45) is 6.39. The summed E-state index contributed by atoms with van der Waals surface area (Å²) < 4.78 is 15.1. The lowest BCUT2D eigenvalue weighted by Crippen LogP contribution is -2.44. The number of pyridine rings is 1. The number of piperazine rings is 1. The van der Waals surface area contributed by atoms with Crippen molar-refractivity contribution in [2.24, 2.45) is 0 Å². The number of halogens is 1. The van der Waals surface area contributed by atoms with E-state index in [9.17, 15) is 0 Å². The summed E-state index contributed by atoms with van der Waals surface area (Å²) in [5.41, 5.74) is 5.57. The highest BCUT2D eigenvalue weighted by atomic mass is 19.1. The first-order chi connectivity index (χ1) is 17.1. The lowest BCUT2D eigenvalue weighted by Gasteiger charge is -2.33. The van der Waals surface area contributed by atoms with Gasteiger partial charge in [-0.2, -0.15) is 5.10 Å². The number of hydrogen-bond acceptors (Lipinski definition) is 7. The van der Waals surface area contributed by atoms with Crippen LogP contribution in [0.1, 0.15) is 30.0 Å². The summed E-state index contributed by atoms with van der Waals surface area (Å²) in [5.74, 6) is 1.07. The zero-order valence-corrected chi connectivity index (χ0v) is 20.1. The summed E-state index contributed by atoms with van der Waals surface area (Å²) in [7, 11) is 4.09. The third-order valence-corrected chi connectivity index (χ3v) is 7.32. The number of anilines is 1. The van der Waals surface area contributed by atoms with Crippen molar-refractivity contribution in [1.29, 1.82) is 0 Å². The fourth-order valence-corrected chi connectivity index (χ4v) is 5.29. The van der Waals surface area contributed by atoms with Gasteiger partial charge in [-0.25, -0.2) is 19.3 Å². The van der Waals surface area contributed by atoms with Crippen LogP contribution in [0.3, 0.4) is 0 Å². The molecule has 8 nitrogen and oxygen atoms in total. The van der Waals surface area contributed by atoms with Gasteiger partial charge in [-0.15, -0.1) is 0 Å². The number of nitrogens with zero attached hydrogens (tertiary/aromatic N) is 6. The van der Waals surface area contributed by atoms with Crippen LogP contribution in [0, 0.1) is 5.82 Å². The predicted molar refractivity (Wildman–Crippen MR) is 135 cm³/mol. The van der Waals surface area contributed by atoms with Crippen molar-refractivity contribution in [2.75, 3.05) is 45.2 Å². The third-order valence-electron chi connectivity index (χ3n) is 7.32. The molecule has 2 N–H and O–H groups in total. The van der Waals surface area contributed by atoms with Gasteiger partial charge in [0.15, 0.2) is 5.82 Å². The Morgan fingerprint density at radius 2 is 1.91 bits per heavy atom. The van der Waals surface area contributed by atoms with Gasteiger partial charge >= 0.3 is 0 Å². The van der Waals surface area contributed by atoms with E-state index >= 15 is 4.39 Å². The molecule has 0 amide bonds. The fourth-order valence-electron chi connectivity index (χ4n) is 5.29. The highest BCUT2D eigenvalue weighted by Crippen LogP contribution is 2.37. The molecule has 0 saturated carbocycles. The second kappa shape index (κ2) is 8.98. The molecule has 9 heteroatoms. The maximum absolute atomic E-state index is 15.1. The lowest BCUT2D eigenvalue weighted by molar-refractivity contribution is 0.312. The van der Waals surface area contributed by atoms with Crippen LogP contribution < -0.4 is 10.2 Å². The Bertz CT molecular complexity index is 1360. The monoisotopic (exact) mass is 472 g/mol. The number of hydrogen-bond donors (Lipinski definition) is 2. The van der Waals surface area contributed by atoms with Crippen LogP contribution >= 0.6 is 0 Å². The van der Waals surface area contributed by atoms with Gasteiger partial charge in [0.2, 0.25) is 0 Å². The molecule has 1 saturated heterocycles. The molecule has 1 atom stereocenters. The van der Waals surface area contributed by atoms with E-state index in [1.807, 2.05) is 31.4 Å². The number of aromatic nitrogens is 5. The number of fused-ring (bicyclic) bond motifs is 2. The van der Waals surface area contributed by atoms with Crippen LogP contribution in [0.4, 0.5) is 10.2 Å². The Kier molecular flexibility index (Phi) is 5.66. The molecule has 2 aliphatic rings. The molecule has 1 fully saturated rings. The molecular formula is C26H29FN8. The van der Waals surface area contributed by atoms with Crippen LogP contribution in [-0.2, 0) is 6.42 Å². The van der Waals surface area contributed by atoms with Gasteiger partial charge < -0.3 is 15.1 Å². The van der Waals surface area contributed by atoms with Crippen molar-refractivity contribution < 1.29 is 4.39 Å². The van der Waals surface area contributed by atoms with E-state index in [0.29, 0.717) is 28.1 Å². The molecule has 4 heterocycles. The van der Waals surface area contributed by atoms with Gasteiger partial charge in [0.1, 0.15) is 28.4 Å². The first-order valence-electron chi connectivity index (χ1n) is 12.2. The van der Waals surface area contributed by atoms with Crippen molar-refractivity contribution >= 4 is 16.9 Å². The van der Waals surface area contributed by atoms with E-state index in [0.717, 1.165) is 67.9 Å². The molecule has 6 rings (SSSR count). The highest BCUT2D eigenvalue weighted by molar-refractivity contribution is 5.90. The average Bonchev–Trinajstić information content (AvgIpc) is 3.32. The van der Waals surface area contributed by atoms with Crippen LogP contribution in [0.2, 0.25) is 0 Å². The van der Waals surface area contributed by atoms with Gasteiger partial charge in [0.05, 0.1) is 11.8 Å². The normalized spacial score (nSPS) is 18.7. The molecule has 1 aromatic carbocycles. The molecule has 0 spiro atoms. The first-order valence-corrected chi connectivity index (χ1v) is 12.2. The van der Waals surface area contributed by atoms with Crippen molar-refractivity contribution in [3.63, 3.8) is 0 Å². The zero-order chi connectivity index (χ0) is 23.9. The van der Waals surface area contributed by atoms with E-state index in [2.05, 4.69) is 37.3 Å². The molecular weight excluding hydrogens is 443 g/mol. The third kappa shape index (κ3) is 3.94. The molecule has 1 aliphatic carbocycles. The number of nitrogens with one attached hydrogen (secondary N) is 2. The largest absolute Gasteiger partial charge is 0.354 e. The molecule has 0 radical (unpaired) electrons. The highest BCUT2D eigenvalue weighted by Gasteiger charge is 2.26. The van der Waals surface area contributed by atoms with Crippen LogP contribution in [-0.4, -0.2) is 70.3 Å². The molecule has 0 bridgehead atoms. The minimum atomic E-state index is -0.289. The molecule has 1 aliphatic heterocycles. The second-order valence-corrected chi connectivity index (χ2v) is 9.45. The maximum atomic E-state index is 15.1. The van der Waals surface area contributed by atoms with Crippen molar-refractivity contribution in [3.8, 4) is 22.6 Å². The predicted octanol–water partition coefficient (Wildman–Crippen LogP) is 3.57. The van der Waals surface area contributed by atoms with Crippen molar-refractivity contribution in [3.05, 3.63) is 53.6 Å². The van der Waals surface area contributed by atoms with E-state index in [4.69, 9.17) is 9.97 Å². The number of H-pyrrole nitrogens is 1.